The number of amides is 2. The number of hydrogen-bond donors (Lipinski definition) is 2. The molecule has 1 aliphatic heterocycles. The second kappa shape index (κ2) is 9.12. The molecule has 29 heavy (non-hydrogen) atoms. The summed E-state index contributed by atoms with van der Waals surface area (Å²) in [7, 11) is 0. The van der Waals surface area contributed by atoms with Gasteiger partial charge in [-0.15, -0.1) is 0 Å². The fourth-order valence-corrected chi connectivity index (χ4v) is 4.18. The Labute approximate surface area is 171 Å². The van der Waals surface area contributed by atoms with Gasteiger partial charge >= 0.3 is 0 Å². The standard InChI is InChI=1S/C24H28N2O3/c27-23(17-8-4-3-5-9-17)26-21-12-13-22-18(15-21)14-19(16-29-22)24(28)25-20-10-6-1-2-7-11-20/h3-5,8-9,12-13,15,19-20H,1-2,6-7,10-11,14,16H2,(H,25,28)(H,26,27)/t19-/m0/s1. The molecule has 1 atom stereocenters. The van der Waals surface area contributed by atoms with Gasteiger partial charge in [-0.05, 0) is 55.2 Å². The molecule has 0 unspecified atom stereocenters. The minimum atomic E-state index is -0.189. The van der Waals surface area contributed by atoms with Crippen LogP contribution in [0.1, 0.15) is 54.4 Å². The number of rotatable bonds is 4. The first-order valence-electron chi connectivity index (χ1n) is 10.6. The zero-order valence-electron chi connectivity index (χ0n) is 16.7. The monoisotopic (exact) mass is 392 g/mol. The third kappa shape index (κ3) is 4.97. The lowest BCUT2D eigenvalue weighted by Crippen LogP contribution is -2.42. The van der Waals surface area contributed by atoms with Crippen LogP contribution in [0.4, 0.5) is 5.69 Å². The van der Waals surface area contributed by atoms with Crippen LogP contribution in [0.25, 0.3) is 0 Å². The molecule has 0 aromatic heterocycles. The van der Waals surface area contributed by atoms with Crippen LogP contribution in [0.5, 0.6) is 5.75 Å². The van der Waals surface area contributed by atoms with E-state index in [1.807, 2.05) is 36.4 Å². The summed E-state index contributed by atoms with van der Waals surface area (Å²) in [4.78, 5) is 25.2. The summed E-state index contributed by atoms with van der Waals surface area (Å²) in [6.45, 7) is 0.404. The predicted molar refractivity (Wildman–Crippen MR) is 113 cm³/mol. The first-order valence-corrected chi connectivity index (χ1v) is 10.6. The van der Waals surface area contributed by atoms with Gasteiger partial charge < -0.3 is 15.4 Å². The molecule has 0 spiro atoms. The fourth-order valence-electron chi connectivity index (χ4n) is 4.18. The van der Waals surface area contributed by atoms with Gasteiger partial charge in [0.05, 0.1) is 5.92 Å². The number of anilines is 1. The van der Waals surface area contributed by atoms with Gasteiger partial charge in [-0.1, -0.05) is 43.9 Å². The van der Waals surface area contributed by atoms with Crippen LogP contribution in [-0.2, 0) is 11.2 Å². The van der Waals surface area contributed by atoms with Gasteiger partial charge in [0.2, 0.25) is 5.91 Å². The highest BCUT2D eigenvalue weighted by atomic mass is 16.5. The van der Waals surface area contributed by atoms with Crippen molar-refractivity contribution in [1.29, 1.82) is 0 Å². The van der Waals surface area contributed by atoms with Crippen molar-refractivity contribution in [2.24, 2.45) is 5.92 Å². The van der Waals surface area contributed by atoms with Crippen LogP contribution in [0.2, 0.25) is 0 Å². The van der Waals surface area contributed by atoms with Crippen LogP contribution >= 0.6 is 0 Å². The van der Waals surface area contributed by atoms with Crippen molar-refractivity contribution in [3.05, 3.63) is 59.7 Å². The molecule has 2 aromatic carbocycles. The van der Waals surface area contributed by atoms with Crippen LogP contribution in [0.15, 0.2) is 48.5 Å². The van der Waals surface area contributed by atoms with Crippen LogP contribution < -0.4 is 15.4 Å². The molecule has 2 N–H and O–H groups in total. The van der Waals surface area contributed by atoms with Gasteiger partial charge in [-0.3, -0.25) is 9.59 Å². The maximum atomic E-state index is 12.8. The third-order valence-corrected chi connectivity index (χ3v) is 5.83. The van der Waals surface area contributed by atoms with Crippen molar-refractivity contribution in [1.82, 2.24) is 5.32 Å². The maximum Gasteiger partial charge on any atom is 0.255 e. The quantitative estimate of drug-likeness (QED) is 0.761. The van der Waals surface area contributed by atoms with Crippen molar-refractivity contribution >= 4 is 17.5 Å². The third-order valence-electron chi connectivity index (χ3n) is 5.83. The maximum absolute atomic E-state index is 12.8. The Balaban J connectivity index is 1.39. The van der Waals surface area contributed by atoms with Gasteiger partial charge in [0.25, 0.3) is 5.91 Å². The van der Waals surface area contributed by atoms with E-state index < -0.39 is 0 Å². The first kappa shape index (κ1) is 19.5. The lowest BCUT2D eigenvalue weighted by Gasteiger charge is -2.27. The van der Waals surface area contributed by atoms with E-state index in [0.29, 0.717) is 30.3 Å². The van der Waals surface area contributed by atoms with E-state index in [2.05, 4.69) is 10.6 Å². The van der Waals surface area contributed by atoms with E-state index >= 15 is 0 Å². The minimum Gasteiger partial charge on any atom is -0.492 e. The van der Waals surface area contributed by atoms with E-state index in [1.54, 1.807) is 12.1 Å². The number of hydrogen-bond acceptors (Lipinski definition) is 3. The molecule has 5 heteroatoms. The van der Waals surface area contributed by atoms with Crippen molar-refractivity contribution in [2.45, 2.75) is 51.0 Å². The number of fused-ring (bicyclic) bond motifs is 1. The average molecular weight is 392 g/mol. The number of ether oxygens (including phenoxy) is 1. The largest absolute Gasteiger partial charge is 0.492 e. The second-order valence-corrected chi connectivity index (χ2v) is 8.05. The molecule has 2 amide bonds. The summed E-state index contributed by atoms with van der Waals surface area (Å²) in [6, 6.07) is 15.0. The zero-order valence-corrected chi connectivity index (χ0v) is 16.7. The molecule has 1 aliphatic carbocycles. The molecule has 152 valence electrons. The summed E-state index contributed by atoms with van der Waals surface area (Å²) in [5.74, 6) is 0.540. The van der Waals surface area contributed by atoms with Gasteiger partial charge in [-0.2, -0.15) is 0 Å². The molecule has 1 saturated carbocycles. The van der Waals surface area contributed by atoms with Crippen LogP contribution in [0.3, 0.4) is 0 Å². The SMILES string of the molecule is O=C(Nc1ccc2c(c1)C[C@H](C(=O)NC1CCCCCC1)CO2)c1ccccc1. The predicted octanol–water partition coefficient (Wildman–Crippen LogP) is 4.33. The van der Waals surface area contributed by atoms with Crippen LogP contribution in [-0.4, -0.2) is 24.5 Å². The highest BCUT2D eigenvalue weighted by molar-refractivity contribution is 6.04. The van der Waals surface area contributed by atoms with Crippen molar-refractivity contribution in [2.75, 3.05) is 11.9 Å². The zero-order chi connectivity index (χ0) is 20.1. The normalized spacial score (nSPS) is 19.4. The summed E-state index contributed by atoms with van der Waals surface area (Å²) in [6.07, 6.45) is 7.70. The van der Waals surface area contributed by atoms with Gasteiger partial charge in [0.1, 0.15) is 12.4 Å². The van der Waals surface area contributed by atoms with Gasteiger partial charge in [0, 0.05) is 17.3 Å². The molecule has 0 bridgehead atoms. The molecule has 1 heterocycles. The Kier molecular flexibility index (Phi) is 6.13. The first-order chi connectivity index (χ1) is 14.2. The van der Waals surface area contributed by atoms with Crippen molar-refractivity contribution in [3.63, 3.8) is 0 Å². The fraction of sp³-hybridized carbons (Fsp3) is 0.417. The molecule has 1 fully saturated rings. The van der Waals surface area contributed by atoms with E-state index in [-0.39, 0.29) is 17.7 Å². The molecule has 2 aromatic rings. The van der Waals surface area contributed by atoms with E-state index in [0.717, 1.165) is 24.2 Å². The summed E-state index contributed by atoms with van der Waals surface area (Å²) in [5, 5.41) is 6.17. The Morgan fingerprint density at radius 3 is 2.45 bits per heavy atom. The van der Waals surface area contributed by atoms with Crippen molar-refractivity contribution in [3.8, 4) is 5.75 Å². The molecule has 5 nitrogen and oxygen atoms in total. The number of carbonyl (C=O) groups is 2. The Hall–Kier alpha value is -2.82. The molecule has 2 aliphatic rings. The Bertz CT molecular complexity index is 858. The molecule has 0 saturated heterocycles. The second-order valence-electron chi connectivity index (χ2n) is 8.05. The number of nitrogens with one attached hydrogen (secondary N) is 2. The smallest absolute Gasteiger partial charge is 0.255 e. The van der Waals surface area contributed by atoms with Gasteiger partial charge in [0.15, 0.2) is 0 Å². The highest BCUT2D eigenvalue weighted by Crippen LogP contribution is 2.30. The Morgan fingerprint density at radius 1 is 0.931 bits per heavy atom. The van der Waals surface area contributed by atoms with E-state index in [1.165, 1.54) is 25.7 Å². The summed E-state index contributed by atoms with van der Waals surface area (Å²) < 4.78 is 5.84. The molecular formula is C24H28N2O3. The van der Waals surface area contributed by atoms with E-state index in [9.17, 15) is 9.59 Å². The van der Waals surface area contributed by atoms with Crippen LogP contribution in [0, 0.1) is 5.92 Å². The lowest BCUT2D eigenvalue weighted by molar-refractivity contribution is -0.127. The summed E-state index contributed by atoms with van der Waals surface area (Å²) >= 11 is 0. The van der Waals surface area contributed by atoms with Gasteiger partial charge in [-0.25, -0.2) is 0 Å². The average Bonchev–Trinajstić information content (AvgIpc) is 3.02. The highest BCUT2D eigenvalue weighted by Gasteiger charge is 2.28. The lowest BCUT2D eigenvalue weighted by atomic mass is 9.95. The molecule has 4 rings (SSSR count). The number of benzene rings is 2. The number of carbonyl (C=O) groups excluding carboxylic acids is 2. The van der Waals surface area contributed by atoms with E-state index in [4.69, 9.17) is 4.74 Å². The molecular weight excluding hydrogens is 364 g/mol. The summed E-state index contributed by atoms with van der Waals surface area (Å²) in [5.41, 5.74) is 2.29. The Morgan fingerprint density at radius 2 is 1.69 bits per heavy atom. The minimum absolute atomic E-state index is 0.0845. The van der Waals surface area contributed by atoms with Crippen molar-refractivity contribution < 1.29 is 14.3 Å². The topological polar surface area (TPSA) is 67.4 Å². The molecule has 0 radical (unpaired) electrons.